The van der Waals surface area contributed by atoms with Gasteiger partial charge in [0.2, 0.25) is 0 Å². The molecule has 0 bridgehead atoms. The van der Waals surface area contributed by atoms with Gasteiger partial charge in [-0.25, -0.2) is 0 Å². The standard InChI is InChI=1S/AsH3.7ClH.H2Se.H2Te/h1H3;7*1H;2*1H2. The first kappa shape index (κ1) is 152. The summed E-state index contributed by atoms with van der Waals surface area (Å²) in [4.78, 5) is 0. The van der Waals surface area contributed by atoms with Crippen molar-refractivity contribution in [2.24, 2.45) is 0 Å². The Morgan fingerprint density at radius 2 is 0.400 bits per heavy atom. The Balaban J connectivity index is 0. The van der Waals surface area contributed by atoms with Gasteiger partial charge in [-0.1, -0.05) is 0 Å². The van der Waals surface area contributed by atoms with E-state index >= 15 is 0 Å². The second-order valence-corrected chi connectivity index (χ2v) is 0. The fraction of sp³-hybridized carbons (Fsp3) is 0. The van der Waals surface area contributed by atoms with Crippen molar-refractivity contribution in [1.82, 2.24) is 0 Å². The SMILES string of the molecule is Cl.Cl.Cl.Cl.Cl.Cl.Cl.[AsH3].[SeH2].[TeH2]. The summed E-state index contributed by atoms with van der Waals surface area (Å²) in [6.45, 7) is 0. The van der Waals surface area contributed by atoms with Gasteiger partial charge in [-0.05, 0) is 0 Å². The molecule has 80 valence electrons. The Morgan fingerprint density at radius 1 is 0.400 bits per heavy atom. The van der Waals surface area contributed by atoms with Gasteiger partial charge in [0, 0.05) is 0 Å². The van der Waals surface area contributed by atoms with Crippen LogP contribution in [-0.2, 0) is 0 Å². The van der Waals surface area contributed by atoms with E-state index in [0.29, 0.717) is 0 Å². The van der Waals surface area contributed by atoms with Crippen LogP contribution in [0.1, 0.15) is 0 Å². The maximum atomic E-state index is 0. The van der Waals surface area contributed by atoms with E-state index in [1.807, 2.05) is 0 Å². The van der Waals surface area contributed by atoms with Crippen molar-refractivity contribution in [3.05, 3.63) is 0 Å². The van der Waals surface area contributed by atoms with Crippen LogP contribution < -0.4 is 0 Å². The molecule has 0 heterocycles. The van der Waals surface area contributed by atoms with Gasteiger partial charge in [0.1, 0.15) is 0 Å². The van der Waals surface area contributed by atoms with Gasteiger partial charge in [-0.15, -0.1) is 86.8 Å². The molecule has 0 saturated heterocycles. The second-order valence-electron chi connectivity index (χ2n) is 0. The third kappa shape index (κ3) is 93.0. The Morgan fingerprint density at radius 3 is 0.400 bits per heavy atom. The van der Waals surface area contributed by atoms with Gasteiger partial charge in [0.15, 0.2) is 0 Å². The third-order valence-electron chi connectivity index (χ3n) is 0. The van der Waals surface area contributed by atoms with Crippen LogP contribution in [0.15, 0.2) is 0 Å². The van der Waals surface area contributed by atoms with Crippen LogP contribution >= 0.6 is 86.8 Å². The zero-order chi connectivity index (χ0) is 0. The van der Waals surface area contributed by atoms with Crippen LogP contribution in [0.4, 0.5) is 0 Å². The Labute approximate surface area is 143 Å². The summed E-state index contributed by atoms with van der Waals surface area (Å²) in [5, 5.41) is 0. The number of hydrogen-bond acceptors (Lipinski definition) is 0. The molecule has 0 aliphatic heterocycles. The van der Waals surface area contributed by atoms with Crippen molar-refractivity contribution < 1.29 is 0 Å². The van der Waals surface area contributed by atoms with Crippen molar-refractivity contribution in [2.45, 2.75) is 0 Å². The quantitative estimate of drug-likeness (QED) is 0.376. The molecule has 0 nitrogen and oxygen atoms in total. The molecule has 10 heteroatoms. The zero-order valence-electron chi connectivity index (χ0n) is 4.56. The summed E-state index contributed by atoms with van der Waals surface area (Å²) in [5.74, 6) is 0. The van der Waals surface area contributed by atoms with Crippen LogP contribution in [0.3, 0.4) is 0 Å². The van der Waals surface area contributed by atoms with Gasteiger partial charge in [-0.2, -0.15) is 0 Å². The van der Waals surface area contributed by atoms with Gasteiger partial charge in [0.25, 0.3) is 0 Å². The molecule has 0 radical (unpaired) electrons. The fourth-order valence-electron chi connectivity index (χ4n) is 0. The molecule has 0 aromatic heterocycles. The van der Waals surface area contributed by atoms with Gasteiger partial charge in [-0.3, -0.25) is 0 Å². The van der Waals surface area contributed by atoms with Crippen molar-refractivity contribution >= 4 is 146 Å². The predicted octanol–water partition coefficient (Wildman–Crippen LogP) is -0.0637. The Hall–Kier alpha value is 3.90. The molecule has 0 aliphatic rings. The molecule has 0 N–H and O–H groups in total. The van der Waals surface area contributed by atoms with E-state index < -0.39 is 0 Å². The monoisotopic (exact) mass is 544 g/mol. The number of rotatable bonds is 0. The molecule has 1 atom stereocenters. The molecular weight excluding hydrogens is 530 g/mol. The first-order valence-corrected chi connectivity index (χ1v) is 0. The Bertz CT molecular complexity index is 13.6. The molecular formula is H14AsCl7SeTe. The summed E-state index contributed by atoms with van der Waals surface area (Å²) >= 11 is 0. The van der Waals surface area contributed by atoms with Crippen molar-refractivity contribution in [1.29, 1.82) is 0 Å². The molecule has 0 fully saturated rings. The molecule has 0 amide bonds. The molecule has 10 heavy (non-hydrogen) atoms. The summed E-state index contributed by atoms with van der Waals surface area (Å²) in [6.07, 6.45) is 0. The van der Waals surface area contributed by atoms with Crippen molar-refractivity contribution in [3.63, 3.8) is 0 Å². The minimum atomic E-state index is 0. The molecule has 0 aliphatic carbocycles. The molecule has 0 aromatic carbocycles. The van der Waals surface area contributed by atoms with Crippen LogP contribution in [-0.4, -0.2) is 58.7 Å². The third-order valence-corrected chi connectivity index (χ3v) is 0. The van der Waals surface area contributed by atoms with E-state index in [9.17, 15) is 0 Å². The molecule has 0 aromatic rings. The molecule has 0 rings (SSSR count). The second kappa shape index (κ2) is 120. The van der Waals surface area contributed by atoms with Crippen LogP contribution in [0.5, 0.6) is 0 Å². The average Bonchev–Trinajstić information content (AvgIpc) is 0. The van der Waals surface area contributed by atoms with E-state index in [-0.39, 0.29) is 146 Å². The van der Waals surface area contributed by atoms with Crippen molar-refractivity contribution in [2.75, 3.05) is 0 Å². The van der Waals surface area contributed by atoms with E-state index in [0.717, 1.165) is 0 Å². The van der Waals surface area contributed by atoms with E-state index in [2.05, 4.69) is 0 Å². The first-order chi connectivity index (χ1) is 0. The maximum absolute atomic E-state index is 0. The fourth-order valence-corrected chi connectivity index (χ4v) is 0. The topological polar surface area (TPSA) is 0 Å². The number of hydrogen-bond donors (Lipinski definition) is 0. The first-order valence-electron chi connectivity index (χ1n) is 0. The summed E-state index contributed by atoms with van der Waals surface area (Å²) < 4.78 is 0. The molecule has 0 spiro atoms. The Kier molecular flexibility index (Phi) is 1830. The molecule has 0 saturated carbocycles. The van der Waals surface area contributed by atoms with E-state index in [1.165, 1.54) is 0 Å². The van der Waals surface area contributed by atoms with Crippen molar-refractivity contribution in [3.8, 4) is 0 Å². The molecule has 1 unspecified atom stereocenters. The average molecular weight is 544 g/mol. The summed E-state index contributed by atoms with van der Waals surface area (Å²) in [7, 11) is 0. The van der Waals surface area contributed by atoms with Gasteiger partial charge >= 0.3 is 58.7 Å². The normalized spacial score (nSPS) is 0. The van der Waals surface area contributed by atoms with E-state index in [4.69, 9.17) is 0 Å². The van der Waals surface area contributed by atoms with E-state index in [1.54, 1.807) is 0 Å². The van der Waals surface area contributed by atoms with Gasteiger partial charge < -0.3 is 0 Å². The van der Waals surface area contributed by atoms with Crippen LogP contribution in [0.2, 0.25) is 0 Å². The summed E-state index contributed by atoms with van der Waals surface area (Å²) in [5.41, 5.74) is 0. The zero-order valence-corrected chi connectivity index (χ0v) is 18.2. The van der Waals surface area contributed by atoms with Crippen LogP contribution in [0, 0.1) is 0 Å². The summed E-state index contributed by atoms with van der Waals surface area (Å²) in [6, 6.07) is 0. The minimum absolute atomic E-state index is 0. The number of halogens is 7. The van der Waals surface area contributed by atoms with Crippen LogP contribution in [0.25, 0.3) is 0 Å². The van der Waals surface area contributed by atoms with Gasteiger partial charge in [0.05, 0.1) is 0 Å². The predicted molar refractivity (Wildman–Crippen MR) is 77.8 cm³/mol.